The van der Waals surface area contributed by atoms with Crippen LogP contribution >= 0.6 is 0 Å². The summed E-state index contributed by atoms with van der Waals surface area (Å²) < 4.78 is 0. The molecule has 0 radical (unpaired) electrons. The quantitative estimate of drug-likeness (QED) is 0.551. The zero-order chi connectivity index (χ0) is 11.3. The van der Waals surface area contributed by atoms with Gasteiger partial charge in [-0.3, -0.25) is 4.98 Å². The molecule has 0 bridgehead atoms. The van der Waals surface area contributed by atoms with Crippen LogP contribution in [0.4, 0.5) is 0 Å². The van der Waals surface area contributed by atoms with Crippen molar-refractivity contribution in [2.24, 2.45) is 0 Å². The van der Waals surface area contributed by atoms with Gasteiger partial charge in [-0.25, -0.2) is 0 Å². The molecule has 0 saturated carbocycles. The van der Waals surface area contributed by atoms with Crippen LogP contribution in [0.2, 0.25) is 0 Å². The number of hydrogen-bond donors (Lipinski definition) is 0. The van der Waals surface area contributed by atoms with E-state index in [0.29, 0.717) is 0 Å². The summed E-state index contributed by atoms with van der Waals surface area (Å²) in [5.74, 6) is 0. The van der Waals surface area contributed by atoms with Crippen molar-refractivity contribution < 1.29 is 0 Å². The van der Waals surface area contributed by atoms with Gasteiger partial charge in [-0.15, -0.1) is 0 Å². The van der Waals surface area contributed by atoms with Gasteiger partial charge in [0.1, 0.15) is 0 Å². The maximum absolute atomic E-state index is 4.63. The van der Waals surface area contributed by atoms with E-state index in [0.717, 1.165) is 12.1 Å². The fourth-order valence-electron chi connectivity index (χ4n) is 2.44. The maximum atomic E-state index is 4.63. The van der Waals surface area contributed by atoms with Gasteiger partial charge in [0.2, 0.25) is 0 Å². The molecule has 3 rings (SSSR count). The predicted molar refractivity (Wildman–Crippen MR) is 66.7 cm³/mol. The minimum absolute atomic E-state index is 0.994. The van der Waals surface area contributed by atoms with E-state index in [4.69, 9.17) is 0 Å². The number of rotatable bonds is 0. The normalized spacial score (nSPS) is 12.4. The van der Waals surface area contributed by atoms with Gasteiger partial charge in [-0.2, -0.15) is 0 Å². The summed E-state index contributed by atoms with van der Waals surface area (Å²) >= 11 is 0. The van der Waals surface area contributed by atoms with E-state index in [2.05, 4.69) is 50.0 Å². The second-order valence-corrected chi connectivity index (χ2v) is 4.72. The largest absolute Gasteiger partial charge is 0.257 e. The van der Waals surface area contributed by atoms with Crippen LogP contribution in [0.15, 0.2) is 24.3 Å². The lowest BCUT2D eigenvalue weighted by Crippen LogP contribution is -1.88. The summed E-state index contributed by atoms with van der Waals surface area (Å²) in [5.41, 5.74) is 9.22. The molecule has 1 aromatic carbocycles. The smallest absolute Gasteiger partial charge is 0.0529 e. The molecular formula is C15H15N. The molecule has 2 aromatic rings. The van der Waals surface area contributed by atoms with E-state index in [1.165, 1.54) is 33.5 Å². The monoisotopic (exact) mass is 209 g/mol. The molecule has 0 fully saturated rings. The zero-order valence-corrected chi connectivity index (χ0v) is 9.96. The summed E-state index contributed by atoms with van der Waals surface area (Å²) in [4.78, 5) is 4.63. The van der Waals surface area contributed by atoms with Gasteiger partial charge in [-0.1, -0.05) is 18.2 Å². The number of fused-ring (bicyclic) bond motifs is 3. The molecule has 1 aliphatic rings. The molecular weight excluding hydrogens is 194 g/mol. The Hall–Kier alpha value is -1.63. The second kappa shape index (κ2) is 3.18. The summed E-state index contributed by atoms with van der Waals surface area (Å²) in [6.07, 6.45) is 0.994. The fourth-order valence-corrected chi connectivity index (χ4v) is 2.44. The highest BCUT2D eigenvalue weighted by Crippen LogP contribution is 2.36. The number of pyridine rings is 1. The van der Waals surface area contributed by atoms with Crippen LogP contribution in [0, 0.1) is 20.8 Å². The minimum atomic E-state index is 0.994. The lowest BCUT2D eigenvalue weighted by Gasteiger charge is -2.05. The summed E-state index contributed by atoms with van der Waals surface area (Å²) in [7, 11) is 0. The van der Waals surface area contributed by atoms with Gasteiger partial charge < -0.3 is 0 Å². The molecule has 80 valence electrons. The third-order valence-corrected chi connectivity index (χ3v) is 3.48. The minimum Gasteiger partial charge on any atom is -0.257 e. The van der Waals surface area contributed by atoms with E-state index < -0.39 is 0 Å². The predicted octanol–water partition coefficient (Wildman–Crippen LogP) is 3.58. The summed E-state index contributed by atoms with van der Waals surface area (Å²) in [6.45, 7) is 6.41. The van der Waals surface area contributed by atoms with Crippen LogP contribution in [0.1, 0.15) is 28.1 Å². The first-order valence-electron chi connectivity index (χ1n) is 5.72. The highest BCUT2D eigenvalue weighted by molar-refractivity contribution is 5.76. The molecule has 1 heteroatoms. The van der Waals surface area contributed by atoms with Crippen molar-refractivity contribution in [2.45, 2.75) is 27.2 Å². The van der Waals surface area contributed by atoms with Crippen molar-refractivity contribution in [3.05, 3.63) is 52.3 Å². The van der Waals surface area contributed by atoms with Gasteiger partial charge in [-0.05, 0) is 49.1 Å². The Labute approximate surface area is 96.2 Å². The fraction of sp³-hybridized carbons (Fsp3) is 0.267. The highest BCUT2D eigenvalue weighted by Gasteiger charge is 2.20. The van der Waals surface area contributed by atoms with E-state index in [1.807, 2.05) is 0 Å². The van der Waals surface area contributed by atoms with E-state index in [1.54, 1.807) is 0 Å². The van der Waals surface area contributed by atoms with Crippen LogP contribution in [0.3, 0.4) is 0 Å². The third kappa shape index (κ3) is 1.28. The van der Waals surface area contributed by atoms with E-state index in [-0.39, 0.29) is 0 Å². The summed E-state index contributed by atoms with van der Waals surface area (Å²) in [5, 5.41) is 0. The molecule has 1 aromatic heterocycles. The Morgan fingerprint density at radius 3 is 2.50 bits per heavy atom. The Bertz CT molecular complexity index is 582. The van der Waals surface area contributed by atoms with Crippen LogP contribution in [-0.4, -0.2) is 4.98 Å². The van der Waals surface area contributed by atoms with Crippen molar-refractivity contribution in [1.29, 1.82) is 0 Å². The van der Waals surface area contributed by atoms with Gasteiger partial charge in [0, 0.05) is 17.7 Å². The van der Waals surface area contributed by atoms with E-state index in [9.17, 15) is 0 Å². The van der Waals surface area contributed by atoms with Crippen molar-refractivity contribution in [3.8, 4) is 11.1 Å². The molecule has 1 nitrogen and oxygen atoms in total. The van der Waals surface area contributed by atoms with Crippen molar-refractivity contribution >= 4 is 0 Å². The Balaban J connectivity index is 2.25. The molecule has 0 amide bonds. The highest BCUT2D eigenvalue weighted by atomic mass is 14.7. The average Bonchev–Trinajstić information content (AvgIpc) is 2.55. The molecule has 16 heavy (non-hydrogen) atoms. The van der Waals surface area contributed by atoms with Crippen molar-refractivity contribution in [2.75, 3.05) is 0 Å². The third-order valence-electron chi connectivity index (χ3n) is 3.48. The van der Waals surface area contributed by atoms with Crippen LogP contribution in [-0.2, 0) is 6.42 Å². The summed E-state index contributed by atoms with van der Waals surface area (Å²) in [6, 6.07) is 8.91. The lowest BCUT2D eigenvalue weighted by molar-refractivity contribution is 1.07. The average molecular weight is 209 g/mol. The molecule has 0 unspecified atom stereocenters. The maximum Gasteiger partial charge on any atom is 0.0529 e. The van der Waals surface area contributed by atoms with Gasteiger partial charge in [0.05, 0.1) is 5.69 Å². The Morgan fingerprint density at radius 2 is 1.69 bits per heavy atom. The molecule has 0 N–H and O–H groups in total. The number of nitrogens with zero attached hydrogens (tertiary/aromatic N) is 1. The zero-order valence-electron chi connectivity index (χ0n) is 9.96. The number of aryl methyl sites for hydroxylation is 3. The van der Waals surface area contributed by atoms with E-state index >= 15 is 0 Å². The first kappa shape index (κ1) is 9.59. The SMILES string of the molecule is Cc1ccc2c(n1)Cc1cc(C)c(C)cc1-2. The van der Waals surface area contributed by atoms with Gasteiger partial charge in [0.15, 0.2) is 0 Å². The van der Waals surface area contributed by atoms with Gasteiger partial charge >= 0.3 is 0 Å². The second-order valence-electron chi connectivity index (χ2n) is 4.72. The molecule has 0 saturated heterocycles. The van der Waals surface area contributed by atoms with Crippen LogP contribution < -0.4 is 0 Å². The number of aromatic nitrogens is 1. The Kier molecular flexibility index (Phi) is 1.90. The molecule has 0 atom stereocenters. The molecule has 0 aliphatic heterocycles. The molecule has 0 spiro atoms. The first-order valence-corrected chi connectivity index (χ1v) is 5.72. The Morgan fingerprint density at radius 1 is 0.938 bits per heavy atom. The lowest BCUT2D eigenvalue weighted by atomic mass is 10.00. The van der Waals surface area contributed by atoms with Crippen LogP contribution in [0.5, 0.6) is 0 Å². The number of benzene rings is 1. The number of hydrogen-bond acceptors (Lipinski definition) is 1. The topological polar surface area (TPSA) is 12.9 Å². The first-order chi connectivity index (χ1) is 7.65. The molecule has 1 aliphatic carbocycles. The van der Waals surface area contributed by atoms with Crippen molar-refractivity contribution in [1.82, 2.24) is 4.98 Å². The van der Waals surface area contributed by atoms with Gasteiger partial charge in [0.25, 0.3) is 0 Å². The molecule has 1 heterocycles. The standard InChI is InChI=1S/C15H15N/c1-9-6-12-8-15-13(5-4-11(3)16-15)14(12)7-10(9)2/h4-7H,8H2,1-3H3. The van der Waals surface area contributed by atoms with Crippen molar-refractivity contribution in [3.63, 3.8) is 0 Å². The van der Waals surface area contributed by atoms with Crippen LogP contribution in [0.25, 0.3) is 11.1 Å².